The van der Waals surface area contributed by atoms with Crippen LogP contribution in [-0.2, 0) is 17.8 Å². The summed E-state index contributed by atoms with van der Waals surface area (Å²) in [4.78, 5) is 16.8. The van der Waals surface area contributed by atoms with Crippen molar-refractivity contribution in [1.82, 2.24) is 14.9 Å². The van der Waals surface area contributed by atoms with E-state index >= 15 is 0 Å². The lowest BCUT2D eigenvalue weighted by Crippen LogP contribution is -2.38. The van der Waals surface area contributed by atoms with Crippen LogP contribution in [0, 0.1) is 12.3 Å². The molecule has 0 aliphatic heterocycles. The van der Waals surface area contributed by atoms with Crippen molar-refractivity contribution in [3.05, 3.63) is 29.6 Å². The molecule has 0 spiro atoms. The molecule has 2 rings (SSSR count). The minimum Gasteiger partial charge on any atom is -0.359 e. The molecule has 0 radical (unpaired) electrons. The predicted molar refractivity (Wildman–Crippen MR) is 86.7 cm³/mol. The molecular formula is C16H22ClN3O. The fourth-order valence-corrected chi connectivity index (χ4v) is 2.83. The first kappa shape index (κ1) is 15.8. The highest BCUT2D eigenvalue weighted by atomic mass is 35.5. The molecule has 1 amide bonds. The van der Waals surface area contributed by atoms with Crippen LogP contribution in [0.25, 0.3) is 11.0 Å². The molecule has 0 unspecified atom stereocenters. The second-order valence-corrected chi connectivity index (χ2v) is 6.34. The summed E-state index contributed by atoms with van der Waals surface area (Å²) in [6.45, 7) is 6.54. The number of fused-ring (bicyclic) bond motifs is 1. The van der Waals surface area contributed by atoms with Crippen molar-refractivity contribution in [3.63, 3.8) is 0 Å². The third-order valence-corrected chi connectivity index (χ3v) is 3.95. The Labute approximate surface area is 130 Å². The number of hydrogen-bond donors (Lipinski definition) is 1. The summed E-state index contributed by atoms with van der Waals surface area (Å²) < 4.78 is 2.14. The maximum absolute atomic E-state index is 12.1. The molecule has 1 heterocycles. The molecule has 114 valence electrons. The number of imidazole rings is 1. The van der Waals surface area contributed by atoms with E-state index in [2.05, 4.69) is 27.9 Å². The van der Waals surface area contributed by atoms with Gasteiger partial charge in [0.1, 0.15) is 5.82 Å². The molecule has 1 N–H and O–H groups in total. The molecule has 2 aromatic rings. The Kier molecular flexibility index (Phi) is 4.57. The Bertz CT molecular complexity index is 661. The first-order valence-electron chi connectivity index (χ1n) is 7.13. The van der Waals surface area contributed by atoms with E-state index in [-0.39, 0.29) is 5.91 Å². The summed E-state index contributed by atoms with van der Waals surface area (Å²) in [7, 11) is 1.67. The van der Waals surface area contributed by atoms with Gasteiger partial charge in [-0.15, -0.1) is 11.6 Å². The standard InChI is InChI=1S/C16H22ClN3O/c1-11-6-5-7-12-14(11)20(13(19-12)8-9-17)10-16(2,3)15(21)18-4/h5-7H,8-10H2,1-4H3,(H,18,21). The van der Waals surface area contributed by atoms with Gasteiger partial charge < -0.3 is 9.88 Å². The van der Waals surface area contributed by atoms with Crippen LogP contribution >= 0.6 is 11.6 Å². The van der Waals surface area contributed by atoms with E-state index in [4.69, 9.17) is 11.6 Å². The molecule has 0 aliphatic rings. The molecule has 1 aromatic heterocycles. The number of halogens is 1. The summed E-state index contributed by atoms with van der Waals surface area (Å²) in [5.41, 5.74) is 2.71. The number of rotatable bonds is 5. The molecule has 21 heavy (non-hydrogen) atoms. The van der Waals surface area contributed by atoms with E-state index < -0.39 is 5.41 Å². The van der Waals surface area contributed by atoms with E-state index in [1.807, 2.05) is 26.0 Å². The maximum atomic E-state index is 12.1. The first-order chi connectivity index (χ1) is 9.90. The van der Waals surface area contributed by atoms with Gasteiger partial charge in [0.2, 0.25) is 5.91 Å². The van der Waals surface area contributed by atoms with Gasteiger partial charge in [-0.3, -0.25) is 4.79 Å². The van der Waals surface area contributed by atoms with Crippen LogP contribution in [0.5, 0.6) is 0 Å². The summed E-state index contributed by atoms with van der Waals surface area (Å²) in [5.74, 6) is 1.48. The van der Waals surface area contributed by atoms with Crippen molar-refractivity contribution in [2.24, 2.45) is 5.41 Å². The zero-order valence-corrected chi connectivity index (χ0v) is 13.8. The number of alkyl halides is 1. The Hall–Kier alpha value is -1.55. The first-order valence-corrected chi connectivity index (χ1v) is 7.67. The predicted octanol–water partition coefficient (Wildman–Crippen LogP) is 2.90. The van der Waals surface area contributed by atoms with Gasteiger partial charge >= 0.3 is 0 Å². The highest BCUT2D eigenvalue weighted by Gasteiger charge is 2.29. The number of carbonyl (C=O) groups excluding carboxylic acids is 1. The lowest BCUT2D eigenvalue weighted by molar-refractivity contribution is -0.129. The van der Waals surface area contributed by atoms with Crippen molar-refractivity contribution in [3.8, 4) is 0 Å². The smallest absolute Gasteiger partial charge is 0.227 e. The molecule has 0 saturated carbocycles. The molecule has 0 fully saturated rings. The summed E-state index contributed by atoms with van der Waals surface area (Å²) >= 11 is 5.90. The lowest BCUT2D eigenvalue weighted by atomic mass is 9.92. The van der Waals surface area contributed by atoms with Gasteiger partial charge in [-0.25, -0.2) is 4.98 Å². The second-order valence-electron chi connectivity index (χ2n) is 5.96. The summed E-state index contributed by atoms with van der Waals surface area (Å²) in [5, 5.41) is 2.73. The number of para-hydroxylation sites is 1. The van der Waals surface area contributed by atoms with E-state index in [1.165, 1.54) is 0 Å². The molecule has 0 atom stereocenters. The van der Waals surface area contributed by atoms with Gasteiger partial charge in [0.15, 0.2) is 0 Å². The number of aryl methyl sites for hydroxylation is 2. The summed E-state index contributed by atoms with van der Waals surface area (Å²) in [6.07, 6.45) is 0.694. The Balaban J connectivity index is 2.55. The third-order valence-electron chi connectivity index (χ3n) is 3.76. The van der Waals surface area contributed by atoms with Gasteiger partial charge in [-0.2, -0.15) is 0 Å². The van der Waals surface area contributed by atoms with Crippen molar-refractivity contribution < 1.29 is 4.79 Å². The van der Waals surface area contributed by atoms with Crippen LogP contribution in [0.2, 0.25) is 0 Å². The fourth-order valence-electron chi connectivity index (χ4n) is 2.66. The average molecular weight is 308 g/mol. The number of hydrogen-bond acceptors (Lipinski definition) is 2. The number of nitrogens with zero attached hydrogens (tertiary/aromatic N) is 2. The average Bonchev–Trinajstić information content (AvgIpc) is 2.77. The third kappa shape index (κ3) is 3.05. The van der Waals surface area contributed by atoms with Crippen LogP contribution in [0.15, 0.2) is 18.2 Å². The van der Waals surface area contributed by atoms with Crippen LogP contribution in [0.1, 0.15) is 25.2 Å². The molecule has 0 aliphatic carbocycles. The number of aromatic nitrogens is 2. The van der Waals surface area contributed by atoms with Crippen molar-refractivity contribution in [2.45, 2.75) is 33.7 Å². The fraction of sp³-hybridized carbons (Fsp3) is 0.500. The van der Waals surface area contributed by atoms with E-state index in [9.17, 15) is 4.79 Å². The number of benzene rings is 1. The molecule has 4 nitrogen and oxygen atoms in total. The highest BCUT2D eigenvalue weighted by molar-refractivity contribution is 6.17. The van der Waals surface area contributed by atoms with Crippen LogP contribution in [-0.4, -0.2) is 28.4 Å². The van der Waals surface area contributed by atoms with E-state index in [1.54, 1.807) is 7.05 Å². The minimum atomic E-state index is -0.508. The van der Waals surface area contributed by atoms with Crippen LogP contribution < -0.4 is 5.32 Å². The van der Waals surface area contributed by atoms with Crippen molar-refractivity contribution >= 4 is 28.5 Å². The van der Waals surface area contributed by atoms with Gasteiger partial charge in [0.05, 0.1) is 16.4 Å². The van der Waals surface area contributed by atoms with Gasteiger partial charge in [0.25, 0.3) is 0 Å². The molecular weight excluding hydrogens is 286 g/mol. The zero-order chi connectivity index (χ0) is 15.6. The molecule has 0 bridgehead atoms. The topological polar surface area (TPSA) is 46.9 Å². The van der Waals surface area contributed by atoms with Gasteiger partial charge in [-0.1, -0.05) is 12.1 Å². The van der Waals surface area contributed by atoms with Gasteiger partial charge in [-0.05, 0) is 32.4 Å². The normalized spacial score (nSPS) is 11.9. The van der Waals surface area contributed by atoms with E-state index in [0.717, 1.165) is 22.4 Å². The second kappa shape index (κ2) is 6.06. The molecule has 5 heteroatoms. The quantitative estimate of drug-likeness (QED) is 0.863. The molecule has 1 aromatic carbocycles. The number of nitrogens with one attached hydrogen (secondary N) is 1. The lowest BCUT2D eigenvalue weighted by Gasteiger charge is -2.25. The van der Waals surface area contributed by atoms with Crippen molar-refractivity contribution in [2.75, 3.05) is 12.9 Å². The van der Waals surface area contributed by atoms with Crippen molar-refractivity contribution in [1.29, 1.82) is 0 Å². The number of amides is 1. The zero-order valence-electron chi connectivity index (χ0n) is 13.0. The minimum absolute atomic E-state index is 0.0229. The SMILES string of the molecule is CNC(=O)C(C)(C)Cn1c(CCCl)nc2cccc(C)c21. The Morgan fingerprint density at radius 1 is 1.43 bits per heavy atom. The van der Waals surface area contributed by atoms with Crippen LogP contribution in [0.3, 0.4) is 0 Å². The van der Waals surface area contributed by atoms with Crippen LogP contribution in [0.4, 0.5) is 0 Å². The Morgan fingerprint density at radius 2 is 2.14 bits per heavy atom. The van der Waals surface area contributed by atoms with Gasteiger partial charge in [0, 0.05) is 25.9 Å². The Morgan fingerprint density at radius 3 is 2.76 bits per heavy atom. The largest absolute Gasteiger partial charge is 0.359 e. The molecule has 0 saturated heterocycles. The van der Waals surface area contributed by atoms with E-state index in [0.29, 0.717) is 18.8 Å². The highest BCUT2D eigenvalue weighted by Crippen LogP contribution is 2.26. The number of carbonyl (C=O) groups is 1. The summed E-state index contributed by atoms with van der Waals surface area (Å²) in [6, 6.07) is 6.07. The maximum Gasteiger partial charge on any atom is 0.227 e. The monoisotopic (exact) mass is 307 g/mol.